The molecular weight excluding hydrogens is 786 g/mol. The molecule has 0 bridgehead atoms. The average Bonchev–Trinajstić information content (AvgIpc) is 3.82. The smallest absolute Gasteiger partial charge is 0.477 e. The number of hydrogen-bond acceptors (Lipinski definition) is 13. The van der Waals surface area contributed by atoms with Crippen molar-refractivity contribution in [2.24, 2.45) is 13.0 Å². The molecule has 5 aromatic rings. The summed E-state index contributed by atoms with van der Waals surface area (Å²) in [5.74, 6) is -1.98. The number of nitriles is 1. The van der Waals surface area contributed by atoms with E-state index in [9.17, 15) is 29.3 Å². The number of H-pyrrole nitrogens is 1. The van der Waals surface area contributed by atoms with Crippen molar-refractivity contribution in [2.45, 2.75) is 65.2 Å². The number of carboxylic acid groups (broad SMARTS) is 1. The second kappa shape index (κ2) is 15.0. The number of anilines is 2. The third kappa shape index (κ3) is 7.88. The summed E-state index contributed by atoms with van der Waals surface area (Å²) in [5.41, 5.74) is -0.942. The van der Waals surface area contributed by atoms with Gasteiger partial charge < -0.3 is 29.2 Å². The molecule has 0 aliphatic carbocycles. The fourth-order valence-electron chi connectivity index (χ4n) is 8.04. The van der Waals surface area contributed by atoms with Crippen LogP contribution in [0.4, 0.5) is 20.6 Å². The molecule has 19 heteroatoms. The number of fused-ring (bicyclic) bond motifs is 5. The number of phosphoric ester groups is 1. The number of rotatable bonds is 9. The SMILES string of the molecule is CN1C[C@@H]2CCN(c3c(-c4cnc5c(c4)c(=O)c(C(=O)O)cn5C)cnc4[nH]c5c(N(C)C(=O)OCOP(=O)(OC(C)(C)C)OC(C)(C)C)cc(F)c(C#N)c5c34)[C@@H]2C1. The van der Waals surface area contributed by atoms with Crippen LogP contribution in [-0.2, 0) is 29.9 Å². The lowest BCUT2D eigenvalue weighted by Crippen LogP contribution is -2.35. The Hall–Kier alpha value is -5.44. The molecule has 59 heavy (non-hydrogen) atoms. The molecule has 0 saturated carbocycles. The first-order chi connectivity index (χ1) is 27.6. The van der Waals surface area contributed by atoms with E-state index in [0.717, 1.165) is 30.5 Å². The number of pyridine rings is 3. The minimum atomic E-state index is -4.25. The van der Waals surface area contributed by atoms with Crippen molar-refractivity contribution in [3.63, 3.8) is 0 Å². The molecule has 0 spiro atoms. The van der Waals surface area contributed by atoms with Crippen molar-refractivity contribution >= 4 is 64.2 Å². The lowest BCUT2D eigenvalue weighted by Gasteiger charge is -2.30. The summed E-state index contributed by atoms with van der Waals surface area (Å²) in [6.07, 6.45) is 4.24. The van der Waals surface area contributed by atoms with E-state index in [0.29, 0.717) is 40.3 Å². The molecule has 17 nitrogen and oxygen atoms in total. The van der Waals surface area contributed by atoms with Gasteiger partial charge in [-0.1, -0.05) is 0 Å². The molecule has 312 valence electrons. The van der Waals surface area contributed by atoms with Crippen LogP contribution in [0.5, 0.6) is 0 Å². The number of aromatic carboxylic acids is 1. The number of likely N-dealkylation sites (N-methyl/N-ethyl adjacent to an activating group) is 1. The molecule has 1 aromatic carbocycles. The van der Waals surface area contributed by atoms with Crippen molar-refractivity contribution in [3.8, 4) is 17.2 Å². The van der Waals surface area contributed by atoms with Crippen molar-refractivity contribution in [2.75, 3.05) is 50.3 Å². The molecule has 2 aliphatic rings. The van der Waals surface area contributed by atoms with Crippen molar-refractivity contribution in [1.82, 2.24) is 24.4 Å². The number of aromatic nitrogens is 4. The molecule has 1 amide bonds. The predicted octanol–water partition coefficient (Wildman–Crippen LogP) is 6.76. The number of carboxylic acids is 1. The van der Waals surface area contributed by atoms with Crippen molar-refractivity contribution in [1.29, 1.82) is 5.26 Å². The molecular formula is C40H46FN8O9P. The van der Waals surface area contributed by atoms with Crippen LogP contribution in [-0.4, -0.2) is 99.4 Å². The Labute approximate surface area is 338 Å². The predicted molar refractivity (Wildman–Crippen MR) is 218 cm³/mol. The van der Waals surface area contributed by atoms with Crippen LogP contribution in [0.1, 0.15) is 63.9 Å². The maximum Gasteiger partial charge on any atom is 0.478 e. The summed E-state index contributed by atoms with van der Waals surface area (Å²) in [4.78, 5) is 57.0. The van der Waals surface area contributed by atoms with Crippen molar-refractivity contribution < 1.29 is 42.0 Å². The second-order valence-electron chi connectivity index (χ2n) is 17.0. The number of carbonyl (C=O) groups is 2. The minimum absolute atomic E-state index is 0.00373. The van der Waals surface area contributed by atoms with Crippen LogP contribution in [0.3, 0.4) is 0 Å². The van der Waals surface area contributed by atoms with Crippen LogP contribution in [0, 0.1) is 23.1 Å². The summed E-state index contributed by atoms with van der Waals surface area (Å²) in [6, 6.07) is 4.66. The summed E-state index contributed by atoms with van der Waals surface area (Å²) >= 11 is 0. The maximum absolute atomic E-state index is 16.2. The number of ether oxygens (including phenoxy) is 1. The Morgan fingerprint density at radius 3 is 2.42 bits per heavy atom. The summed E-state index contributed by atoms with van der Waals surface area (Å²) in [5, 5.41) is 20.9. The monoisotopic (exact) mass is 832 g/mol. The number of likely N-dealkylation sites (tertiary alicyclic amines) is 1. The van der Waals surface area contributed by atoms with Gasteiger partial charge >= 0.3 is 19.9 Å². The zero-order valence-corrected chi connectivity index (χ0v) is 35.1. The van der Waals surface area contributed by atoms with E-state index in [-0.39, 0.29) is 39.2 Å². The summed E-state index contributed by atoms with van der Waals surface area (Å²) in [7, 11) is 0.739. The minimum Gasteiger partial charge on any atom is -0.477 e. The maximum atomic E-state index is 16.2. The lowest BCUT2D eigenvalue weighted by molar-refractivity contribution is -0.0275. The fourth-order valence-corrected chi connectivity index (χ4v) is 9.71. The summed E-state index contributed by atoms with van der Waals surface area (Å²) in [6.45, 7) is 11.3. The Morgan fingerprint density at radius 1 is 1.08 bits per heavy atom. The van der Waals surface area contributed by atoms with Gasteiger partial charge in [-0.2, -0.15) is 5.26 Å². The van der Waals surface area contributed by atoms with E-state index in [1.54, 1.807) is 67.1 Å². The molecule has 6 heterocycles. The standard InChI is InChI=1S/C40H46FN8O9P/c1-39(2,3)57-59(54,58-40(4,5)6)56-20-55-38(53)48(9)28-13-27(41)24(14-42)30-31-33(49-11-10-21-17-46(7)19-29(21)49)25(16-43-35(31)45-32(28)30)22-12-23-34(50)26(37(51)52)18-47(8)36(23)44-15-22/h12-13,15-16,18,21,29H,10-11,17,19-20H2,1-9H3,(H,43,45)(H,51,52)/t21-,29+/m0/s1. The topological polar surface area (TPSA) is 205 Å². The number of halogens is 1. The molecule has 7 rings (SSSR count). The third-order valence-electron chi connectivity index (χ3n) is 10.3. The number of phosphoric acid groups is 1. The van der Waals surface area contributed by atoms with Crippen LogP contribution >= 0.6 is 7.82 Å². The molecule has 2 saturated heterocycles. The number of aryl methyl sites for hydroxylation is 1. The van der Waals surface area contributed by atoms with E-state index in [1.165, 1.54) is 17.8 Å². The van der Waals surface area contributed by atoms with Crippen LogP contribution in [0.15, 0.2) is 35.5 Å². The molecule has 4 aromatic heterocycles. The number of nitrogens with one attached hydrogen (secondary N) is 1. The van der Waals surface area contributed by atoms with Gasteiger partial charge in [-0.3, -0.25) is 18.7 Å². The highest BCUT2D eigenvalue weighted by Gasteiger charge is 2.42. The number of benzene rings is 1. The zero-order chi connectivity index (χ0) is 42.9. The summed E-state index contributed by atoms with van der Waals surface area (Å²) < 4.78 is 53.2. The van der Waals surface area contributed by atoms with Gasteiger partial charge in [0.2, 0.25) is 12.2 Å². The quantitative estimate of drug-likeness (QED) is 0.116. The first kappa shape index (κ1) is 41.7. The number of nitrogens with zero attached hydrogens (tertiary/aromatic N) is 7. The normalized spacial score (nSPS) is 17.5. The van der Waals surface area contributed by atoms with E-state index in [4.69, 9.17) is 23.3 Å². The fraction of sp³-hybridized carbons (Fsp3) is 0.450. The highest BCUT2D eigenvalue weighted by molar-refractivity contribution is 7.48. The van der Waals surface area contributed by atoms with Crippen molar-refractivity contribution in [3.05, 3.63) is 57.9 Å². The van der Waals surface area contributed by atoms with Gasteiger partial charge in [0, 0.05) is 80.9 Å². The van der Waals surface area contributed by atoms with E-state index >= 15 is 4.39 Å². The number of aromatic amines is 1. The van der Waals surface area contributed by atoms with Gasteiger partial charge in [-0.25, -0.2) is 33.0 Å². The molecule has 2 N–H and O–H groups in total. The third-order valence-corrected chi connectivity index (χ3v) is 12.3. The van der Waals surface area contributed by atoms with Gasteiger partial charge in [-0.05, 0) is 67.0 Å². The Balaban J connectivity index is 1.37. The number of amides is 1. The van der Waals surface area contributed by atoms with Gasteiger partial charge in [0.15, 0.2) is 0 Å². The van der Waals surface area contributed by atoms with Gasteiger partial charge in [0.25, 0.3) is 0 Å². The Kier molecular flexibility index (Phi) is 10.6. The van der Waals surface area contributed by atoms with Gasteiger partial charge in [0.1, 0.15) is 28.7 Å². The number of hydrogen-bond donors (Lipinski definition) is 2. The first-order valence-corrected chi connectivity index (χ1v) is 20.4. The highest BCUT2D eigenvalue weighted by atomic mass is 31.2. The molecule has 0 unspecified atom stereocenters. The first-order valence-electron chi connectivity index (χ1n) is 18.9. The Bertz CT molecular complexity index is 2680. The van der Waals surface area contributed by atoms with E-state index in [2.05, 4.69) is 19.8 Å². The van der Waals surface area contributed by atoms with Crippen LogP contribution < -0.4 is 15.2 Å². The molecule has 0 radical (unpaired) electrons. The lowest BCUT2D eigenvalue weighted by atomic mass is 9.98. The van der Waals surface area contributed by atoms with Crippen LogP contribution in [0.2, 0.25) is 0 Å². The molecule has 2 atom stereocenters. The number of carbonyl (C=O) groups excluding carboxylic acids is 1. The van der Waals surface area contributed by atoms with Gasteiger partial charge in [-0.15, -0.1) is 0 Å². The largest absolute Gasteiger partial charge is 0.478 e. The molecule has 2 fully saturated rings. The Morgan fingerprint density at radius 2 is 1.78 bits per heavy atom. The van der Waals surface area contributed by atoms with Crippen LogP contribution in [0.25, 0.3) is 44.1 Å². The second-order valence-corrected chi connectivity index (χ2v) is 18.5. The average molecular weight is 833 g/mol. The zero-order valence-electron chi connectivity index (χ0n) is 34.2. The molecule has 2 aliphatic heterocycles. The van der Waals surface area contributed by atoms with Gasteiger partial charge in [0.05, 0.1) is 44.4 Å². The van der Waals surface area contributed by atoms with E-state index in [1.807, 2.05) is 13.1 Å². The highest BCUT2D eigenvalue weighted by Crippen LogP contribution is 2.55. The van der Waals surface area contributed by atoms with E-state index < -0.39 is 54.7 Å².